The molecule has 1 atom stereocenters. The van der Waals surface area contributed by atoms with Gasteiger partial charge in [-0.3, -0.25) is 9.69 Å². The van der Waals surface area contributed by atoms with Gasteiger partial charge >= 0.3 is 0 Å². The van der Waals surface area contributed by atoms with Crippen LogP contribution in [0.3, 0.4) is 0 Å². The van der Waals surface area contributed by atoms with Crippen molar-refractivity contribution in [1.82, 2.24) is 9.88 Å². The molecule has 0 spiro atoms. The number of anilines is 1. The molecule has 3 rings (SSSR count). The van der Waals surface area contributed by atoms with E-state index in [-0.39, 0.29) is 5.91 Å². The monoisotopic (exact) mass is 396 g/mol. The largest absolute Gasteiger partial charge is 0.314 e. The third kappa shape index (κ3) is 5.20. The van der Waals surface area contributed by atoms with Crippen LogP contribution in [0, 0.1) is 17.8 Å². The highest BCUT2D eigenvalue weighted by molar-refractivity contribution is 7.13. The van der Waals surface area contributed by atoms with Gasteiger partial charge in [0, 0.05) is 17.1 Å². The van der Waals surface area contributed by atoms with Gasteiger partial charge in [-0.2, -0.15) is 0 Å². The fraction of sp³-hybridized carbons (Fsp3) is 0.455. The Labute approximate surface area is 171 Å². The Morgan fingerprint density at radius 2 is 2.04 bits per heavy atom. The molecule has 1 aromatic carbocycles. The number of hydrogen-bond acceptors (Lipinski definition) is 5. The number of aromatic nitrogens is 1. The van der Waals surface area contributed by atoms with Gasteiger partial charge < -0.3 is 11.1 Å². The molecule has 6 heteroatoms. The van der Waals surface area contributed by atoms with Gasteiger partial charge in [0.1, 0.15) is 5.54 Å². The van der Waals surface area contributed by atoms with Crippen LogP contribution >= 0.6 is 11.3 Å². The summed E-state index contributed by atoms with van der Waals surface area (Å²) in [6.07, 6.45) is 7.03. The second kappa shape index (κ2) is 9.33. The minimum atomic E-state index is -1.07. The van der Waals surface area contributed by atoms with Crippen molar-refractivity contribution in [3.8, 4) is 11.8 Å². The molecule has 1 aromatic heterocycles. The number of rotatable bonds is 6. The van der Waals surface area contributed by atoms with Crippen molar-refractivity contribution in [3.63, 3.8) is 0 Å². The number of carbonyl (C=O) groups excluding carboxylic acids is 1. The Kier molecular flexibility index (Phi) is 6.84. The first kappa shape index (κ1) is 20.5. The van der Waals surface area contributed by atoms with Gasteiger partial charge in [-0.15, -0.1) is 11.3 Å². The van der Waals surface area contributed by atoms with Gasteiger partial charge in [0.15, 0.2) is 5.13 Å². The molecular formula is C22H28N4OS. The molecule has 1 unspecified atom stereocenters. The van der Waals surface area contributed by atoms with Crippen LogP contribution in [0.25, 0.3) is 0 Å². The van der Waals surface area contributed by atoms with Crippen LogP contribution in [0.15, 0.2) is 35.8 Å². The van der Waals surface area contributed by atoms with Crippen LogP contribution in [-0.4, -0.2) is 36.4 Å². The van der Waals surface area contributed by atoms with E-state index in [4.69, 9.17) is 5.73 Å². The number of hydrogen-bond donors (Lipinski definition) is 2. The minimum absolute atomic E-state index is 0.194. The lowest BCUT2D eigenvalue weighted by atomic mass is 9.80. The highest BCUT2D eigenvalue weighted by Gasteiger charge is 2.39. The zero-order valence-corrected chi connectivity index (χ0v) is 17.4. The summed E-state index contributed by atoms with van der Waals surface area (Å²) in [4.78, 5) is 19.3. The average molecular weight is 397 g/mol. The Morgan fingerprint density at radius 1 is 1.32 bits per heavy atom. The molecule has 1 heterocycles. The van der Waals surface area contributed by atoms with Gasteiger partial charge in [-0.1, -0.05) is 49.7 Å². The zero-order chi connectivity index (χ0) is 20.0. The molecule has 2 aromatic rings. The molecule has 0 aliphatic heterocycles. The molecule has 0 saturated heterocycles. The molecule has 5 nitrogen and oxygen atoms in total. The average Bonchev–Trinajstić information content (AvgIpc) is 3.36. The van der Waals surface area contributed by atoms with Crippen LogP contribution in [-0.2, 0) is 10.3 Å². The first-order valence-corrected chi connectivity index (χ1v) is 10.6. The van der Waals surface area contributed by atoms with Crippen LogP contribution < -0.4 is 11.1 Å². The van der Waals surface area contributed by atoms with E-state index < -0.39 is 5.54 Å². The second-order valence-corrected chi connectivity index (χ2v) is 8.63. The van der Waals surface area contributed by atoms with E-state index in [1.165, 1.54) is 24.2 Å². The zero-order valence-electron chi connectivity index (χ0n) is 16.6. The molecule has 1 saturated carbocycles. The van der Waals surface area contributed by atoms with Crippen molar-refractivity contribution < 1.29 is 4.79 Å². The van der Waals surface area contributed by atoms with E-state index in [1.807, 2.05) is 48.6 Å². The maximum atomic E-state index is 13.1. The summed E-state index contributed by atoms with van der Waals surface area (Å²) in [5, 5.41) is 5.33. The second-order valence-electron chi connectivity index (χ2n) is 7.73. The molecule has 0 bridgehead atoms. The van der Waals surface area contributed by atoms with Crippen LogP contribution in [0.4, 0.5) is 5.13 Å². The van der Waals surface area contributed by atoms with Crippen molar-refractivity contribution in [3.05, 3.63) is 47.0 Å². The first-order chi connectivity index (χ1) is 13.5. The van der Waals surface area contributed by atoms with Crippen molar-refractivity contribution in [1.29, 1.82) is 0 Å². The molecule has 1 aliphatic rings. The highest BCUT2D eigenvalue weighted by atomic mass is 32.1. The summed E-state index contributed by atoms with van der Waals surface area (Å²) in [5.74, 6) is 6.57. The van der Waals surface area contributed by atoms with Crippen LogP contribution in [0.2, 0.25) is 0 Å². The van der Waals surface area contributed by atoms with E-state index >= 15 is 0 Å². The number of nitrogens with one attached hydrogen (secondary N) is 1. The summed E-state index contributed by atoms with van der Waals surface area (Å²) >= 11 is 1.40. The Bertz CT molecular complexity index is 830. The van der Waals surface area contributed by atoms with E-state index in [0.717, 1.165) is 24.0 Å². The summed E-state index contributed by atoms with van der Waals surface area (Å²) in [5.41, 5.74) is 7.45. The quantitative estimate of drug-likeness (QED) is 0.734. The van der Waals surface area contributed by atoms with Crippen LogP contribution in [0.1, 0.15) is 43.2 Å². The maximum Gasteiger partial charge on any atom is 0.250 e. The lowest BCUT2D eigenvalue weighted by Crippen LogP contribution is -2.49. The SMILES string of the molecule is CN(C)CC#Cc1ccc(C(N)(CC2CCCC2)C(=O)Nc2nccs2)cc1. The molecule has 148 valence electrons. The van der Waals surface area contributed by atoms with E-state index in [1.54, 1.807) is 6.20 Å². The van der Waals surface area contributed by atoms with Gasteiger partial charge in [0.25, 0.3) is 5.91 Å². The Morgan fingerprint density at radius 3 is 2.64 bits per heavy atom. The molecule has 1 amide bonds. The molecule has 1 fully saturated rings. The lowest BCUT2D eigenvalue weighted by Gasteiger charge is -2.31. The standard InChI is InChI=1S/C22H28N4OS/c1-26(2)14-5-8-17-9-11-19(12-10-17)22(23,16-18-6-3-4-7-18)20(27)25-21-24-13-15-28-21/h9-13,15,18H,3-4,6-7,14,16,23H2,1-2H3,(H,24,25,27). The third-order valence-corrected chi connectivity index (χ3v) is 5.86. The number of benzene rings is 1. The number of thiazole rings is 1. The van der Waals surface area contributed by atoms with E-state index in [2.05, 4.69) is 22.1 Å². The summed E-state index contributed by atoms with van der Waals surface area (Å²) < 4.78 is 0. The smallest absolute Gasteiger partial charge is 0.250 e. The molecule has 0 radical (unpaired) electrons. The normalized spacial score (nSPS) is 16.4. The number of nitrogens with zero attached hydrogens (tertiary/aromatic N) is 2. The van der Waals surface area contributed by atoms with Crippen molar-refractivity contribution in [2.24, 2.45) is 11.7 Å². The predicted octanol–water partition coefficient (Wildman–Crippen LogP) is 3.43. The van der Waals surface area contributed by atoms with Crippen molar-refractivity contribution >= 4 is 22.4 Å². The summed E-state index contributed by atoms with van der Waals surface area (Å²) in [6.45, 7) is 0.709. The van der Waals surface area contributed by atoms with Crippen LogP contribution in [0.5, 0.6) is 0 Å². The van der Waals surface area contributed by atoms with Crippen molar-refractivity contribution in [2.75, 3.05) is 26.0 Å². The van der Waals surface area contributed by atoms with E-state index in [9.17, 15) is 4.79 Å². The fourth-order valence-corrected chi connectivity index (χ4v) is 4.18. The topological polar surface area (TPSA) is 71.2 Å². The number of amides is 1. The van der Waals surface area contributed by atoms with Gasteiger partial charge in [-0.25, -0.2) is 4.98 Å². The van der Waals surface area contributed by atoms with Gasteiger partial charge in [-0.05, 0) is 44.1 Å². The molecular weight excluding hydrogens is 368 g/mol. The van der Waals surface area contributed by atoms with Crippen molar-refractivity contribution in [2.45, 2.75) is 37.6 Å². The van der Waals surface area contributed by atoms with E-state index in [0.29, 0.717) is 24.0 Å². The number of nitrogens with two attached hydrogens (primary N) is 1. The number of carbonyl (C=O) groups is 1. The third-order valence-electron chi connectivity index (χ3n) is 5.17. The predicted molar refractivity (Wildman–Crippen MR) is 115 cm³/mol. The Hall–Kier alpha value is -2.20. The summed E-state index contributed by atoms with van der Waals surface area (Å²) in [6, 6.07) is 7.78. The fourth-order valence-electron chi connectivity index (χ4n) is 3.66. The highest BCUT2D eigenvalue weighted by Crippen LogP contribution is 2.36. The maximum absolute atomic E-state index is 13.1. The van der Waals surface area contributed by atoms with Gasteiger partial charge in [0.2, 0.25) is 0 Å². The molecule has 1 aliphatic carbocycles. The Balaban J connectivity index is 1.82. The molecule has 28 heavy (non-hydrogen) atoms. The first-order valence-electron chi connectivity index (χ1n) is 9.71. The summed E-state index contributed by atoms with van der Waals surface area (Å²) in [7, 11) is 3.98. The molecule has 3 N–H and O–H groups in total. The minimum Gasteiger partial charge on any atom is -0.314 e. The van der Waals surface area contributed by atoms with Gasteiger partial charge in [0.05, 0.1) is 6.54 Å². The lowest BCUT2D eigenvalue weighted by molar-refractivity contribution is -0.122.